The number of aromatic nitrogens is 2. The molecule has 1 aromatic rings. The molecule has 1 unspecified atom stereocenters. The molecule has 1 heterocycles. The lowest BCUT2D eigenvalue weighted by molar-refractivity contribution is -0.0682. The second-order valence-electron chi connectivity index (χ2n) is 3.47. The third kappa shape index (κ3) is 4.85. The maximum Gasteiger partial charge on any atom is 0.330 e. The summed E-state index contributed by atoms with van der Waals surface area (Å²) in [6.45, 7) is 7.46. The molecule has 6 heteroatoms. The number of nitrogens with zero attached hydrogens (tertiary/aromatic N) is 1. The summed E-state index contributed by atoms with van der Waals surface area (Å²) in [5.74, 6) is 0. The van der Waals surface area contributed by atoms with Crippen LogP contribution >= 0.6 is 0 Å². The Labute approximate surface area is 106 Å². The minimum absolute atomic E-state index is 0.0983. The fourth-order valence-electron chi connectivity index (χ4n) is 1.33. The Morgan fingerprint density at radius 2 is 2.06 bits per heavy atom. The van der Waals surface area contributed by atoms with Crippen molar-refractivity contribution in [3.63, 3.8) is 0 Å². The van der Waals surface area contributed by atoms with Crippen LogP contribution in [-0.4, -0.2) is 27.4 Å². The molecule has 0 fully saturated rings. The van der Waals surface area contributed by atoms with Gasteiger partial charge in [0.25, 0.3) is 5.56 Å². The van der Waals surface area contributed by atoms with Gasteiger partial charge in [0.1, 0.15) is 6.23 Å². The van der Waals surface area contributed by atoms with Crippen LogP contribution in [0.15, 0.2) is 21.9 Å². The third-order valence-electron chi connectivity index (χ3n) is 2.29. The minimum Gasteiger partial charge on any atom is -0.394 e. The first kappa shape index (κ1) is 16.6. The van der Waals surface area contributed by atoms with E-state index in [-0.39, 0.29) is 12.7 Å². The van der Waals surface area contributed by atoms with Crippen molar-refractivity contribution >= 4 is 0 Å². The van der Waals surface area contributed by atoms with Crippen molar-refractivity contribution in [3.05, 3.63) is 33.1 Å². The number of aromatic amines is 1. The van der Waals surface area contributed by atoms with Gasteiger partial charge < -0.3 is 9.84 Å². The SMILES string of the molecule is CC.CCC(CO)O[C@H](C)n1ccc(=O)[nH]c1=O. The Morgan fingerprint density at radius 3 is 2.50 bits per heavy atom. The van der Waals surface area contributed by atoms with E-state index in [4.69, 9.17) is 9.84 Å². The number of hydrogen-bond acceptors (Lipinski definition) is 4. The van der Waals surface area contributed by atoms with Crippen LogP contribution in [0.25, 0.3) is 0 Å². The topological polar surface area (TPSA) is 84.3 Å². The van der Waals surface area contributed by atoms with Gasteiger partial charge >= 0.3 is 5.69 Å². The van der Waals surface area contributed by atoms with E-state index in [1.165, 1.54) is 16.8 Å². The van der Waals surface area contributed by atoms with E-state index >= 15 is 0 Å². The molecule has 1 rings (SSSR count). The van der Waals surface area contributed by atoms with Crippen molar-refractivity contribution in [1.82, 2.24) is 9.55 Å². The van der Waals surface area contributed by atoms with Crippen LogP contribution in [0.2, 0.25) is 0 Å². The summed E-state index contributed by atoms with van der Waals surface area (Å²) in [4.78, 5) is 24.4. The zero-order chi connectivity index (χ0) is 14.1. The highest BCUT2D eigenvalue weighted by Crippen LogP contribution is 2.09. The van der Waals surface area contributed by atoms with E-state index in [1.54, 1.807) is 6.92 Å². The molecule has 0 aliphatic rings. The van der Waals surface area contributed by atoms with Gasteiger partial charge in [-0.05, 0) is 13.3 Å². The number of hydrogen-bond donors (Lipinski definition) is 2. The zero-order valence-corrected chi connectivity index (χ0v) is 11.3. The normalized spacial score (nSPS) is 13.4. The highest BCUT2D eigenvalue weighted by atomic mass is 16.5. The molecule has 0 saturated carbocycles. The molecule has 0 aliphatic carbocycles. The summed E-state index contributed by atoms with van der Waals surface area (Å²) < 4.78 is 6.71. The van der Waals surface area contributed by atoms with Gasteiger partial charge in [0.15, 0.2) is 0 Å². The number of aliphatic hydroxyl groups excluding tert-OH is 1. The second kappa shape index (κ2) is 8.66. The minimum atomic E-state index is -0.526. The molecule has 0 saturated heterocycles. The maximum atomic E-state index is 11.4. The Bertz CT molecular complexity index is 434. The Kier molecular flexibility index (Phi) is 7.98. The standard InChI is InChI=1S/C10H16N2O4.C2H6/c1-3-8(6-13)16-7(2)12-5-4-9(14)11-10(12)15;1-2/h4-5,7-8,13H,3,6H2,1-2H3,(H,11,14,15);1-2H3/t7-,8?;/m1./s1. The van der Waals surface area contributed by atoms with Crippen LogP contribution in [0.5, 0.6) is 0 Å². The average molecular weight is 258 g/mol. The van der Waals surface area contributed by atoms with Gasteiger partial charge in [-0.3, -0.25) is 14.3 Å². The van der Waals surface area contributed by atoms with Gasteiger partial charge in [-0.15, -0.1) is 0 Å². The maximum absolute atomic E-state index is 11.4. The first-order valence-electron chi connectivity index (χ1n) is 6.16. The first-order valence-corrected chi connectivity index (χ1v) is 6.16. The van der Waals surface area contributed by atoms with Crippen molar-refractivity contribution in [2.75, 3.05) is 6.61 Å². The number of nitrogens with one attached hydrogen (secondary N) is 1. The summed E-state index contributed by atoms with van der Waals surface area (Å²) in [6.07, 6.45) is 1.18. The monoisotopic (exact) mass is 258 g/mol. The average Bonchev–Trinajstić information content (AvgIpc) is 2.38. The predicted molar refractivity (Wildman–Crippen MR) is 69.6 cm³/mol. The number of H-pyrrole nitrogens is 1. The van der Waals surface area contributed by atoms with Crippen molar-refractivity contribution in [1.29, 1.82) is 0 Å². The fraction of sp³-hybridized carbons (Fsp3) is 0.667. The molecule has 0 bridgehead atoms. The van der Waals surface area contributed by atoms with Crippen LogP contribution in [-0.2, 0) is 4.74 Å². The van der Waals surface area contributed by atoms with Gasteiger partial charge in [0.2, 0.25) is 0 Å². The van der Waals surface area contributed by atoms with Crippen LogP contribution in [0, 0.1) is 0 Å². The van der Waals surface area contributed by atoms with Gasteiger partial charge in [-0.25, -0.2) is 4.79 Å². The van der Waals surface area contributed by atoms with Crippen LogP contribution in [0.3, 0.4) is 0 Å². The number of ether oxygens (including phenoxy) is 1. The van der Waals surface area contributed by atoms with E-state index in [0.717, 1.165) is 0 Å². The largest absolute Gasteiger partial charge is 0.394 e. The molecule has 1 aromatic heterocycles. The highest BCUT2D eigenvalue weighted by Gasteiger charge is 2.12. The summed E-state index contributed by atoms with van der Waals surface area (Å²) in [5.41, 5.74) is -0.963. The molecule has 0 aromatic carbocycles. The Morgan fingerprint density at radius 1 is 1.44 bits per heavy atom. The summed E-state index contributed by atoms with van der Waals surface area (Å²) >= 11 is 0. The van der Waals surface area contributed by atoms with Crippen LogP contribution < -0.4 is 11.2 Å². The van der Waals surface area contributed by atoms with E-state index in [0.29, 0.717) is 6.42 Å². The van der Waals surface area contributed by atoms with Gasteiger partial charge in [0, 0.05) is 12.3 Å². The highest BCUT2D eigenvalue weighted by molar-refractivity contribution is 4.83. The molecule has 0 spiro atoms. The number of aliphatic hydroxyl groups is 1. The van der Waals surface area contributed by atoms with Crippen molar-refractivity contribution in [2.24, 2.45) is 0 Å². The summed E-state index contributed by atoms with van der Waals surface area (Å²) in [7, 11) is 0. The van der Waals surface area contributed by atoms with E-state index in [1.807, 2.05) is 20.8 Å². The van der Waals surface area contributed by atoms with E-state index in [9.17, 15) is 9.59 Å². The molecule has 0 amide bonds. The molecule has 2 atom stereocenters. The molecular weight excluding hydrogens is 236 g/mol. The van der Waals surface area contributed by atoms with E-state index < -0.39 is 17.5 Å². The van der Waals surface area contributed by atoms with Gasteiger partial charge in [0.05, 0.1) is 12.7 Å². The van der Waals surface area contributed by atoms with Gasteiger partial charge in [-0.1, -0.05) is 20.8 Å². The molecule has 0 radical (unpaired) electrons. The lowest BCUT2D eigenvalue weighted by Gasteiger charge is -2.20. The first-order chi connectivity index (χ1) is 8.58. The van der Waals surface area contributed by atoms with Crippen LogP contribution in [0.4, 0.5) is 0 Å². The lowest BCUT2D eigenvalue weighted by atomic mass is 10.3. The summed E-state index contributed by atoms with van der Waals surface area (Å²) in [5, 5.41) is 8.97. The Balaban J connectivity index is 0.00000137. The molecule has 2 N–H and O–H groups in total. The lowest BCUT2D eigenvalue weighted by Crippen LogP contribution is -2.33. The third-order valence-corrected chi connectivity index (χ3v) is 2.29. The molecular formula is C12H22N2O4. The molecule has 0 aliphatic heterocycles. The van der Waals surface area contributed by atoms with Crippen molar-refractivity contribution in [2.45, 2.75) is 46.4 Å². The van der Waals surface area contributed by atoms with E-state index in [2.05, 4.69) is 4.98 Å². The van der Waals surface area contributed by atoms with Crippen molar-refractivity contribution in [3.8, 4) is 0 Å². The van der Waals surface area contributed by atoms with Crippen LogP contribution in [0.1, 0.15) is 40.3 Å². The fourth-order valence-corrected chi connectivity index (χ4v) is 1.33. The number of rotatable bonds is 5. The second-order valence-corrected chi connectivity index (χ2v) is 3.47. The molecule has 104 valence electrons. The van der Waals surface area contributed by atoms with Gasteiger partial charge in [-0.2, -0.15) is 0 Å². The smallest absolute Gasteiger partial charge is 0.330 e. The predicted octanol–water partition coefficient (Wildman–Crippen LogP) is 0.869. The summed E-state index contributed by atoms with van der Waals surface area (Å²) in [6, 6.07) is 1.25. The zero-order valence-electron chi connectivity index (χ0n) is 11.3. The molecule has 6 nitrogen and oxygen atoms in total. The Hall–Kier alpha value is -1.40. The molecule has 18 heavy (non-hydrogen) atoms. The quantitative estimate of drug-likeness (QED) is 0.820. The van der Waals surface area contributed by atoms with Crippen molar-refractivity contribution < 1.29 is 9.84 Å².